The van der Waals surface area contributed by atoms with Gasteiger partial charge in [0.25, 0.3) is 0 Å². The monoisotopic (exact) mass is 833 g/mol. The van der Waals surface area contributed by atoms with Gasteiger partial charge in [-0.1, -0.05) is 54.6 Å². The zero-order chi connectivity index (χ0) is 40.5. The summed E-state index contributed by atoms with van der Waals surface area (Å²) in [5.74, 6) is 2.55. The second kappa shape index (κ2) is 18.9. The van der Waals surface area contributed by atoms with Crippen LogP contribution in [0.15, 0.2) is 142 Å². The van der Waals surface area contributed by atoms with Crippen LogP contribution in [0.4, 0.5) is 13.2 Å². The van der Waals surface area contributed by atoms with Gasteiger partial charge in [-0.2, -0.15) is 21.6 Å². The van der Waals surface area contributed by atoms with E-state index in [4.69, 9.17) is 36.7 Å². The van der Waals surface area contributed by atoms with E-state index in [0.29, 0.717) is 6.61 Å². The second-order valence-corrected chi connectivity index (χ2v) is 17.3. The van der Waals surface area contributed by atoms with Crippen molar-refractivity contribution in [3.05, 3.63) is 133 Å². The number of fused-ring (bicyclic) bond motifs is 2. The van der Waals surface area contributed by atoms with E-state index in [1.165, 1.54) is 36.9 Å². The standard InChI is InChI=1S/C44H43O5S.CHF3O3S/c1-2-11-34-31-40-32(12-9-13-35(40)30-33(34)10-1)26-29-45-41-14-3-4-15-42(41)50(38-22-18-36(19-23-38)48-43-16-5-7-27-46-43)39-24-20-37(21-25-39)49-44-17-6-8-28-47-44;2-1(3,4)8(5,6)7/h1-4,9-15,18-25,30-31,43-44H,5-8,16-17,26-29H2;(H,5,6,7)/q+1;. The fourth-order valence-corrected chi connectivity index (χ4v) is 9.01. The molecule has 0 aliphatic carbocycles. The molecule has 0 aromatic heterocycles. The summed E-state index contributed by atoms with van der Waals surface area (Å²) in [5.41, 5.74) is -4.24. The Balaban J connectivity index is 0.000000581. The first-order valence-corrected chi connectivity index (χ1v) is 21.9. The fraction of sp³-hybridized carbons (Fsp3) is 0.289. The number of alkyl halides is 3. The van der Waals surface area contributed by atoms with Crippen molar-refractivity contribution in [1.82, 2.24) is 0 Å². The van der Waals surface area contributed by atoms with Crippen LogP contribution in [-0.4, -0.2) is 50.9 Å². The molecule has 0 spiro atoms. The highest BCUT2D eigenvalue weighted by atomic mass is 32.2. The summed E-state index contributed by atoms with van der Waals surface area (Å²) in [5, 5.41) is 5.06. The van der Waals surface area contributed by atoms with Crippen LogP contribution in [-0.2, 0) is 36.9 Å². The van der Waals surface area contributed by atoms with Gasteiger partial charge in [-0.05, 0) is 126 Å². The second-order valence-electron chi connectivity index (χ2n) is 13.9. The van der Waals surface area contributed by atoms with Crippen molar-refractivity contribution >= 4 is 42.6 Å². The SMILES string of the molecule is O=S(=O)(O)C(F)(F)F.c1ccc([S+](c2ccc(OC3CCCCO3)cc2)c2ccc(OC3CCCCO3)cc2)c(OCCc2cccc3cc4ccccc4cc23)c1. The topological polar surface area (TPSA) is 101 Å². The molecular weight excluding hydrogens is 790 g/mol. The molecule has 304 valence electrons. The van der Waals surface area contributed by atoms with E-state index in [0.717, 1.165) is 80.3 Å². The fourth-order valence-electron chi connectivity index (χ4n) is 6.87. The van der Waals surface area contributed by atoms with E-state index >= 15 is 0 Å². The van der Waals surface area contributed by atoms with Crippen molar-refractivity contribution in [2.24, 2.45) is 0 Å². The van der Waals surface area contributed by atoms with Gasteiger partial charge in [-0.15, -0.1) is 0 Å². The van der Waals surface area contributed by atoms with E-state index in [2.05, 4.69) is 127 Å². The Kier molecular flexibility index (Phi) is 13.5. The number of rotatable bonds is 11. The Morgan fingerprint density at radius 2 is 1.17 bits per heavy atom. The predicted octanol–water partition coefficient (Wildman–Crippen LogP) is 10.9. The Labute approximate surface area is 338 Å². The number of halogens is 3. The van der Waals surface area contributed by atoms with E-state index in [-0.39, 0.29) is 12.6 Å². The quantitative estimate of drug-likeness (QED) is 0.0596. The molecule has 0 bridgehead atoms. The lowest BCUT2D eigenvalue weighted by Gasteiger charge is -2.23. The van der Waals surface area contributed by atoms with Gasteiger partial charge in [-0.3, -0.25) is 4.55 Å². The van der Waals surface area contributed by atoms with E-state index in [1.807, 2.05) is 0 Å². The molecule has 2 unspecified atom stereocenters. The van der Waals surface area contributed by atoms with Gasteiger partial charge in [0.15, 0.2) is 28.1 Å². The first kappa shape index (κ1) is 41.4. The first-order valence-electron chi connectivity index (χ1n) is 19.2. The van der Waals surface area contributed by atoms with Crippen LogP contribution in [0.2, 0.25) is 0 Å². The van der Waals surface area contributed by atoms with Gasteiger partial charge in [-0.25, -0.2) is 0 Å². The van der Waals surface area contributed by atoms with Gasteiger partial charge >= 0.3 is 15.6 Å². The summed E-state index contributed by atoms with van der Waals surface area (Å²) in [6.07, 6.45) is 6.76. The van der Waals surface area contributed by atoms with Gasteiger partial charge in [0.2, 0.25) is 4.90 Å². The number of para-hydroxylation sites is 1. The number of ether oxygens (including phenoxy) is 5. The molecule has 8 rings (SSSR count). The molecular formula is C45H44F3O8S2+. The summed E-state index contributed by atoms with van der Waals surface area (Å²) in [6.45, 7) is 2.09. The largest absolute Gasteiger partial charge is 0.522 e. The first-order chi connectivity index (χ1) is 28.0. The minimum absolute atomic E-state index is 0.178. The third kappa shape index (κ3) is 10.6. The van der Waals surface area contributed by atoms with E-state index < -0.39 is 26.5 Å². The average Bonchev–Trinajstić information content (AvgIpc) is 3.22. The van der Waals surface area contributed by atoms with Gasteiger partial charge in [0.05, 0.1) is 19.8 Å². The molecule has 0 radical (unpaired) electrons. The van der Waals surface area contributed by atoms with Crippen molar-refractivity contribution in [3.63, 3.8) is 0 Å². The Bertz CT molecular complexity index is 2310. The van der Waals surface area contributed by atoms with E-state index in [1.54, 1.807) is 0 Å². The lowest BCUT2D eigenvalue weighted by atomic mass is 9.98. The van der Waals surface area contributed by atoms with Crippen LogP contribution in [0.25, 0.3) is 21.5 Å². The zero-order valence-electron chi connectivity index (χ0n) is 31.6. The number of hydrogen-bond acceptors (Lipinski definition) is 7. The lowest BCUT2D eigenvalue weighted by molar-refractivity contribution is -0.106. The third-order valence-corrected chi connectivity index (χ3v) is 12.6. The third-order valence-electron chi connectivity index (χ3n) is 9.76. The van der Waals surface area contributed by atoms with Crippen molar-refractivity contribution in [1.29, 1.82) is 0 Å². The van der Waals surface area contributed by atoms with Gasteiger partial charge < -0.3 is 23.7 Å². The molecule has 6 aromatic rings. The number of hydrogen-bond donors (Lipinski definition) is 1. The molecule has 2 fully saturated rings. The predicted molar refractivity (Wildman–Crippen MR) is 218 cm³/mol. The molecule has 13 heteroatoms. The average molecular weight is 834 g/mol. The van der Waals surface area contributed by atoms with Crippen molar-refractivity contribution in [2.45, 2.75) is 77.7 Å². The molecule has 58 heavy (non-hydrogen) atoms. The van der Waals surface area contributed by atoms with Crippen molar-refractivity contribution in [2.75, 3.05) is 19.8 Å². The summed E-state index contributed by atoms with van der Waals surface area (Å²) >= 11 is 0. The molecule has 0 amide bonds. The maximum atomic E-state index is 10.7. The molecule has 8 nitrogen and oxygen atoms in total. The molecule has 2 aliphatic rings. The highest BCUT2D eigenvalue weighted by Crippen LogP contribution is 2.38. The normalized spacial score (nSPS) is 17.9. The van der Waals surface area contributed by atoms with Crippen LogP contribution in [0.3, 0.4) is 0 Å². The molecule has 2 heterocycles. The van der Waals surface area contributed by atoms with Gasteiger partial charge in [0, 0.05) is 19.3 Å². The summed E-state index contributed by atoms with van der Waals surface area (Å²) in [6, 6.07) is 45.2. The molecule has 0 saturated carbocycles. The Morgan fingerprint density at radius 3 is 1.71 bits per heavy atom. The minimum atomic E-state index is -5.84. The summed E-state index contributed by atoms with van der Waals surface area (Å²) in [4.78, 5) is 3.51. The zero-order valence-corrected chi connectivity index (χ0v) is 33.2. The number of benzene rings is 6. The minimum Gasteiger partial charge on any atom is -0.488 e. The van der Waals surface area contributed by atoms with Crippen LogP contribution in [0.1, 0.15) is 44.1 Å². The van der Waals surface area contributed by atoms with Crippen LogP contribution in [0.5, 0.6) is 17.2 Å². The Hall–Kier alpha value is -4.79. The molecule has 6 aromatic carbocycles. The van der Waals surface area contributed by atoms with Crippen molar-refractivity contribution in [3.8, 4) is 17.2 Å². The highest BCUT2D eigenvalue weighted by Gasteiger charge is 2.44. The van der Waals surface area contributed by atoms with Crippen LogP contribution < -0.4 is 14.2 Å². The Morgan fingerprint density at radius 1 is 0.655 bits per heavy atom. The van der Waals surface area contributed by atoms with Crippen molar-refractivity contribution < 1.29 is 49.8 Å². The maximum absolute atomic E-state index is 10.7. The summed E-state index contributed by atoms with van der Waals surface area (Å²) < 4.78 is 88.3. The smallest absolute Gasteiger partial charge is 0.488 e. The molecule has 2 atom stereocenters. The van der Waals surface area contributed by atoms with Crippen LogP contribution >= 0.6 is 0 Å². The maximum Gasteiger partial charge on any atom is 0.522 e. The van der Waals surface area contributed by atoms with Crippen LogP contribution in [0, 0.1) is 0 Å². The molecule has 2 saturated heterocycles. The molecule has 2 aliphatic heterocycles. The van der Waals surface area contributed by atoms with Gasteiger partial charge in [0.1, 0.15) is 22.4 Å². The highest BCUT2D eigenvalue weighted by molar-refractivity contribution is 7.97. The summed E-state index contributed by atoms with van der Waals surface area (Å²) in [7, 11) is -6.28. The lowest BCUT2D eigenvalue weighted by Crippen LogP contribution is -2.25. The molecule has 1 N–H and O–H groups in total. The van der Waals surface area contributed by atoms with E-state index in [9.17, 15) is 13.2 Å².